The predicted octanol–water partition coefficient (Wildman–Crippen LogP) is 7.03. The van der Waals surface area contributed by atoms with Crippen molar-refractivity contribution >= 4 is 28.3 Å². The molecule has 0 atom stereocenters. The Labute approximate surface area is 217 Å². The fraction of sp³-hybridized carbons (Fsp3) is 0.226. The van der Waals surface area contributed by atoms with Gasteiger partial charge in [-0.3, -0.25) is 4.79 Å². The first-order valence-corrected chi connectivity index (χ1v) is 12.5. The van der Waals surface area contributed by atoms with Crippen molar-refractivity contribution in [2.75, 3.05) is 18.5 Å². The van der Waals surface area contributed by atoms with E-state index in [1.807, 2.05) is 56.3 Å². The molecule has 0 aliphatic heterocycles. The highest BCUT2D eigenvalue weighted by atomic mass is 16.5. The maximum atomic E-state index is 13.0. The molecule has 0 bridgehead atoms. The number of benzene rings is 4. The molecule has 4 aromatic rings. The molecule has 0 aliphatic carbocycles. The van der Waals surface area contributed by atoms with E-state index in [4.69, 9.17) is 14.2 Å². The highest BCUT2D eigenvalue weighted by molar-refractivity contribution is 6.04. The molecule has 1 N–H and O–H groups in total. The van der Waals surface area contributed by atoms with Crippen LogP contribution in [-0.2, 0) is 11.3 Å². The Balaban J connectivity index is 1.46. The van der Waals surface area contributed by atoms with Gasteiger partial charge in [0.2, 0.25) is 0 Å². The summed E-state index contributed by atoms with van der Waals surface area (Å²) in [5.74, 6) is 0.801. The first-order valence-electron chi connectivity index (χ1n) is 12.5. The number of rotatable bonds is 11. The van der Waals surface area contributed by atoms with Crippen molar-refractivity contribution < 1.29 is 23.8 Å². The molecule has 1 amide bonds. The zero-order valence-corrected chi connectivity index (χ0v) is 21.2. The third-order valence-electron chi connectivity index (χ3n) is 5.86. The van der Waals surface area contributed by atoms with Crippen LogP contribution in [0, 0.1) is 0 Å². The van der Waals surface area contributed by atoms with Gasteiger partial charge in [-0.2, -0.15) is 0 Å². The zero-order chi connectivity index (χ0) is 26.0. The number of fused-ring (bicyclic) bond motifs is 1. The summed E-state index contributed by atoms with van der Waals surface area (Å²) < 4.78 is 17.2. The molecular formula is C31H31NO5. The third-order valence-corrected chi connectivity index (χ3v) is 5.86. The summed E-state index contributed by atoms with van der Waals surface area (Å²) in [4.78, 5) is 25.1. The minimum Gasteiger partial charge on any atom is -0.493 e. The molecular weight excluding hydrogens is 466 g/mol. The highest BCUT2D eigenvalue weighted by Crippen LogP contribution is 2.28. The number of hydrogen-bond donors (Lipinski definition) is 1. The topological polar surface area (TPSA) is 73.9 Å². The van der Waals surface area contributed by atoms with Crippen LogP contribution in [0.25, 0.3) is 10.8 Å². The predicted molar refractivity (Wildman–Crippen MR) is 145 cm³/mol. The van der Waals surface area contributed by atoms with Crippen LogP contribution in [0.15, 0.2) is 84.9 Å². The number of esters is 1. The largest absolute Gasteiger partial charge is 0.493 e. The van der Waals surface area contributed by atoms with E-state index >= 15 is 0 Å². The molecule has 0 saturated heterocycles. The molecule has 6 nitrogen and oxygen atoms in total. The number of ether oxygens (including phenoxy) is 3. The number of carbonyl (C=O) groups excluding carboxylic acids is 2. The smallest absolute Gasteiger partial charge is 0.338 e. The van der Waals surface area contributed by atoms with Gasteiger partial charge in [0.1, 0.15) is 18.1 Å². The second-order valence-electron chi connectivity index (χ2n) is 8.54. The van der Waals surface area contributed by atoms with E-state index in [2.05, 4.69) is 5.32 Å². The fourth-order valence-electron chi connectivity index (χ4n) is 3.89. The Morgan fingerprint density at radius 1 is 0.784 bits per heavy atom. The van der Waals surface area contributed by atoms with Crippen LogP contribution < -0.4 is 14.8 Å². The minimum absolute atomic E-state index is 0.249. The second kappa shape index (κ2) is 12.6. The van der Waals surface area contributed by atoms with E-state index < -0.39 is 0 Å². The van der Waals surface area contributed by atoms with Gasteiger partial charge in [-0.15, -0.1) is 0 Å². The Morgan fingerprint density at radius 3 is 2.32 bits per heavy atom. The quantitative estimate of drug-likeness (QED) is 0.178. The molecule has 0 heterocycles. The number of carbonyl (C=O) groups is 2. The molecule has 0 fully saturated rings. The molecule has 0 aromatic heterocycles. The zero-order valence-electron chi connectivity index (χ0n) is 21.2. The maximum Gasteiger partial charge on any atom is 0.338 e. The van der Waals surface area contributed by atoms with Gasteiger partial charge in [-0.25, -0.2) is 4.79 Å². The first-order chi connectivity index (χ1) is 18.1. The number of nitrogens with one attached hydrogen (secondary N) is 1. The van der Waals surface area contributed by atoms with Gasteiger partial charge in [0.25, 0.3) is 5.91 Å². The Hall–Kier alpha value is -4.32. The Kier molecular flexibility index (Phi) is 8.76. The monoisotopic (exact) mass is 497 g/mol. The standard InChI is InChI=1S/C31H31NO5/c1-3-5-19-36-31(34)23-13-16-26(17-14-23)32-30(33)24-15-18-28(35-4-2)25(20-24)21-37-29-12-8-10-22-9-6-7-11-27(22)29/h6-18,20H,3-5,19,21H2,1-2H3,(H,32,33). The summed E-state index contributed by atoms with van der Waals surface area (Å²) in [5, 5.41) is 5.00. The lowest BCUT2D eigenvalue weighted by Crippen LogP contribution is -2.13. The summed E-state index contributed by atoms with van der Waals surface area (Å²) in [6.07, 6.45) is 1.79. The van der Waals surface area contributed by atoms with E-state index in [0.29, 0.717) is 35.8 Å². The number of anilines is 1. The van der Waals surface area contributed by atoms with E-state index in [1.54, 1.807) is 42.5 Å². The molecule has 0 saturated carbocycles. The van der Waals surface area contributed by atoms with Crippen molar-refractivity contribution in [3.63, 3.8) is 0 Å². The van der Waals surface area contributed by atoms with Gasteiger partial charge in [-0.1, -0.05) is 49.7 Å². The number of unbranched alkanes of at least 4 members (excludes halogenated alkanes) is 1. The van der Waals surface area contributed by atoms with Crippen LogP contribution in [0.5, 0.6) is 11.5 Å². The normalized spacial score (nSPS) is 10.6. The van der Waals surface area contributed by atoms with Gasteiger partial charge in [0.15, 0.2) is 0 Å². The molecule has 0 aliphatic rings. The lowest BCUT2D eigenvalue weighted by Gasteiger charge is -2.14. The molecule has 37 heavy (non-hydrogen) atoms. The minimum atomic E-state index is -0.367. The number of amides is 1. The van der Waals surface area contributed by atoms with Gasteiger partial charge in [0, 0.05) is 22.2 Å². The maximum absolute atomic E-state index is 13.0. The van der Waals surface area contributed by atoms with Crippen molar-refractivity contribution in [2.24, 2.45) is 0 Å². The lowest BCUT2D eigenvalue weighted by atomic mass is 10.1. The molecule has 0 spiro atoms. The number of hydrogen-bond acceptors (Lipinski definition) is 5. The van der Waals surface area contributed by atoms with Gasteiger partial charge < -0.3 is 19.5 Å². The van der Waals surface area contributed by atoms with Crippen molar-refractivity contribution in [3.05, 3.63) is 102 Å². The van der Waals surface area contributed by atoms with E-state index in [-0.39, 0.29) is 18.5 Å². The van der Waals surface area contributed by atoms with Gasteiger partial charge in [0.05, 0.1) is 18.8 Å². The molecule has 190 valence electrons. The van der Waals surface area contributed by atoms with Crippen molar-refractivity contribution in [1.29, 1.82) is 0 Å². The molecule has 0 unspecified atom stereocenters. The Bertz CT molecular complexity index is 1360. The van der Waals surface area contributed by atoms with Crippen molar-refractivity contribution in [1.82, 2.24) is 0 Å². The van der Waals surface area contributed by atoms with Crippen LogP contribution in [-0.4, -0.2) is 25.1 Å². The summed E-state index contributed by atoms with van der Waals surface area (Å²) in [6, 6.07) is 25.9. The third kappa shape index (κ3) is 6.67. The SMILES string of the molecule is CCCCOC(=O)c1ccc(NC(=O)c2ccc(OCC)c(COc3cccc4ccccc34)c2)cc1. The van der Waals surface area contributed by atoms with Crippen molar-refractivity contribution in [3.8, 4) is 11.5 Å². The van der Waals surface area contributed by atoms with Crippen LogP contribution in [0.4, 0.5) is 5.69 Å². The summed E-state index contributed by atoms with van der Waals surface area (Å²) in [7, 11) is 0. The van der Waals surface area contributed by atoms with Crippen LogP contribution in [0.1, 0.15) is 53.0 Å². The van der Waals surface area contributed by atoms with Crippen LogP contribution in [0.2, 0.25) is 0 Å². The summed E-state index contributed by atoms with van der Waals surface area (Å²) in [6.45, 7) is 5.10. The van der Waals surface area contributed by atoms with E-state index in [9.17, 15) is 9.59 Å². The van der Waals surface area contributed by atoms with Crippen LogP contribution >= 0.6 is 0 Å². The van der Waals surface area contributed by atoms with Crippen LogP contribution in [0.3, 0.4) is 0 Å². The van der Waals surface area contributed by atoms with Gasteiger partial charge in [-0.05, 0) is 67.3 Å². The lowest BCUT2D eigenvalue weighted by molar-refractivity contribution is 0.0499. The average molecular weight is 498 g/mol. The van der Waals surface area contributed by atoms with Gasteiger partial charge >= 0.3 is 5.97 Å². The average Bonchev–Trinajstić information content (AvgIpc) is 2.93. The van der Waals surface area contributed by atoms with E-state index in [0.717, 1.165) is 34.9 Å². The summed E-state index contributed by atoms with van der Waals surface area (Å²) in [5.41, 5.74) is 2.27. The van der Waals surface area contributed by atoms with E-state index in [1.165, 1.54) is 0 Å². The second-order valence-corrected chi connectivity index (χ2v) is 8.54. The molecule has 4 rings (SSSR count). The Morgan fingerprint density at radius 2 is 1.54 bits per heavy atom. The molecule has 0 radical (unpaired) electrons. The first kappa shape index (κ1) is 25.8. The fourth-order valence-corrected chi connectivity index (χ4v) is 3.89. The highest BCUT2D eigenvalue weighted by Gasteiger charge is 2.13. The molecule has 6 heteroatoms. The van der Waals surface area contributed by atoms with Crippen molar-refractivity contribution in [2.45, 2.75) is 33.3 Å². The summed E-state index contributed by atoms with van der Waals surface area (Å²) >= 11 is 0. The molecule has 4 aromatic carbocycles.